The number of aryl methyl sites for hydroxylation is 2. The molecule has 0 N–H and O–H groups in total. The average molecular weight is 277 g/mol. The van der Waals surface area contributed by atoms with Crippen LogP contribution in [0.15, 0.2) is 18.2 Å². The van der Waals surface area contributed by atoms with E-state index in [9.17, 15) is 4.79 Å². The molecular formula is C17H27NO2. The highest BCUT2D eigenvalue weighted by atomic mass is 16.5. The number of nitrogens with zero attached hydrogens (tertiary/aromatic N) is 1. The van der Waals surface area contributed by atoms with E-state index in [-0.39, 0.29) is 11.8 Å². The lowest BCUT2D eigenvalue weighted by Crippen LogP contribution is -2.41. The van der Waals surface area contributed by atoms with E-state index in [2.05, 4.69) is 18.7 Å². The van der Waals surface area contributed by atoms with E-state index in [4.69, 9.17) is 4.74 Å². The van der Waals surface area contributed by atoms with E-state index in [1.165, 1.54) is 11.1 Å². The molecule has 0 saturated carbocycles. The number of rotatable bonds is 8. The summed E-state index contributed by atoms with van der Waals surface area (Å²) in [6.45, 7) is 13.2. The molecule has 1 atom stereocenters. The van der Waals surface area contributed by atoms with Gasteiger partial charge >= 0.3 is 0 Å². The van der Waals surface area contributed by atoms with E-state index < -0.39 is 0 Å². The number of hydrogen-bond acceptors (Lipinski definition) is 3. The SMILES string of the molecule is CCOCCN(CC)C(C)C(=O)c1ccc(C)c(C)c1. The predicted molar refractivity (Wildman–Crippen MR) is 83.4 cm³/mol. The molecule has 3 heteroatoms. The minimum absolute atomic E-state index is 0.109. The zero-order chi connectivity index (χ0) is 15.1. The van der Waals surface area contributed by atoms with Crippen LogP contribution in [-0.4, -0.2) is 43.0 Å². The number of ketones is 1. The van der Waals surface area contributed by atoms with Gasteiger partial charge in [-0.1, -0.05) is 19.1 Å². The van der Waals surface area contributed by atoms with Crippen LogP contribution in [0.5, 0.6) is 0 Å². The van der Waals surface area contributed by atoms with Crippen molar-refractivity contribution in [2.75, 3.05) is 26.3 Å². The third-order valence-electron chi connectivity index (χ3n) is 3.85. The Bertz CT molecular complexity index is 443. The lowest BCUT2D eigenvalue weighted by molar-refractivity contribution is 0.0740. The highest BCUT2D eigenvalue weighted by molar-refractivity contribution is 6.00. The van der Waals surface area contributed by atoms with Gasteiger partial charge in [0.2, 0.25) is 0 Å². The quantitative estimate of drug-likeness (QED) is 0.540. The molecule has 0 aliphatic heterocycles. The number of benzene rings is 1. The fraction of sp³-hybridized carbons (Fsp3) is 0.588. The molecule has 3 nitrogen and oxygen atoms in total. The summed E-state index contributed by atoms with van der Waals surface area (Å²) in [6, 6.07) is 5.83. The molecule has 0 fully saturated rings. The second-order valence-electron chi connectivity index (χ2n) is 5.16. The first kappa shape index (κ1) is 16.9. The summed E-state index contributed by atoms with van der Waals surface area (Å²) in [7, 11) is 0. The molecule has 0 heterocycles. The molecule has 0 bridgehead atoms. The van der Waals surface area contributed by atoms with Crippen molar-refractivity contribution >= 4 is 5.78 Å². The van der Waals surface area contributed by atoms with Crippen LogP contribution in [0.25, 0.3) is 0 Å². The van der Waals surface area contributed by atoms with Crippen molar-refractivity contribution in [3.63, 3.8) is 0 Å². The topological polar surface area (TPSA) is 29.5 Å². The zero-order valence-electron chi connectivity index (χ0n) is 13.4. The van der Waals surface area contributed by atoms with Crippen LogP contribution in [0.1, 0.15) is 42.3 Å². The van der Waals surface area contributed by atoms with Gasteiger partial charge in [0.1, 0.15) is 0 Å². The molecule has 0 aliphatic carbocycles. The van der Waals surface area contributed by atoms with Gasteiger partial charge < -0.3 is 4.74 Å². The normalized spacial score (nSPS) is 12.7. The molecule has 0 amide bonds. The maximum absolute atomic E-state index is 12.6. The van der Waals surface area contributed by atoms with Crippen molar-refractivity contribution in [2.45, 2.75) is 40.7 Å². The van der Waals surface area contributed by atoms with Crippen molar-refractivity contribution in [3.05, 3.63) is 34.9 Å². The summed E-state index contributed by atoms with van der Waals surface area (Å²) in [4.78, 5) is 14.7. The second-order valence-corrected chi connectivity index (χ2v) is 5.16. The summed E-state index contributed by atoms with van der Waals surface area (Å²) in [5.41, 5.74) is 3.19. The minimum atomic E-state index is -0.109. The first-order valence-electron chi connectivity index (χ1n) is 7.44. The van der Waals surface area contributed by atoms with Crippen molar-refractivity contribution in [3.8, 4) is 0 Å². The van der Waals surface area contributed by atoms with Crippen LogP contribution in [0.4, 0.5) is 0 Å². The van der Waals surface area contributed by atoms with Crippen molar-refractivity contribution in [1.82, 2.24) is 4.90 Å². The van der Waals surface area contributed by atoms with Crippen LogP contribution in [0, 0.1) is 13.8 Å². The average Bonchev–Trinajstić information content (AvgIpc) is 2.45. The molecule has 20 heavy (non-hydrogen) atoms. The first-order valence-corrected chi connectivity index (χ1v) is 7.44. The highest BCUT2D eigenvalue weighted by Gasteiger charge is 2.21. The van der Waals surface area contributed by atoms with Gasteiger partial charge in [0.15, 0.2) is 5.78 Å². The molecule has 1 rings (SSSR count). The Morgan fingerprint density at radius 3 is 2.50 bits per heavy atom. The van der Waals surface area contributed by atoms with Gasteiger partial charge in [-0.3, -0.25) is 9.69 Å². The number of Topliss-reactive ketones (excluding diaryl/α,β-unsaturated/α-hetero) is 1. The van der Waals surface area contributed by atoms with Crippen LogP contribution in [0.2, 0.25) is 0 Å². The molecular weight excluding hydrogens is 250 g/mol. The number of likely N-dealkylation sites (N-methyl/N-ethyl adjacent to an activating group) is 1. The number of ether oxygens (including phenoxy) is 1. The van der Waals surface area contributed by atoms with Crippen LogP contribution < -0.4 is 0 Å². The summed E-state index contributed by atoms with van der Waals surface area (Å²) < 4.78 is 5.38. The fourth-order valence-corrected chi connectivity index (χ4v) is 2.25. The molecule has 1 aromatic rings. The Kier molecular flexibility index (Phi) is 6.89. The van der Waals surface area contributed by atoms with Gasteiger partial charge in [-0.05, 0) is 51.4 Å². The smallest absolute Gasteiger partial charge is 0.179 e. The molecule has 1 aromatic carbocycles. The molecule has 0 radical (unpaired) electrons. The van der Waals surface area contributed by atoms with E-state index >= 15 is 0 Å². The largest absolute Gasteiger partial charge is 0.380 e. The molecule has 0 aromatic heterocycles. The third-order valence-corrected chi connectivity index (χ3v) is 3.85. The Balaban J connectivity index is 2.75. The highest BCUT2D eigenvalue weighted by Crippen LogP contribution is 2.14. The van der Waals surface area contributed by atoms with Crippen molar-refractivity contribution in [2.24, 2.45) is 0 Å². The standard InChI is InChI=1S/C17H27NO2/c1-6-18(10-11-20-7-2)15(5)17(19)16-9-8-13(3)14(4)12-16/h8-9,12,15H,6-7,10-11H2,1-5H3. The predicted octanol–water partition coefficient (Wildman–Crippen LogP) is 3.23. The number of carbonyl (C=O) groups is 1. The number of hydrogen-bond donors (Lipinski definition) is 0. The lowest BCUT2D eigenvalue weighted by Gasteiger charge is -2.26. The van der Waals surface area contributed by atoms with Crippen molar-refractivity contribution in [1.29, 1.82) is 0 Å². The van der Waals surface area contributed by atoms with E-state index in [1.54, 1.807) is 0 Å². The zero-order valence-corrected chi connectivity index (χ0v) is 13.4. The van der Waals surface area contributed by atoms with Crippen LogP contribution >= 0.6 is 0 Å². The van der Waals surface area contributed by atoms with E-state index in [0.717, 1.165) is 25.3 Å². The number of carbonyl (C=O) groups excluding carboxylic acids is 1. The molecule has 112 valence electrons. The Morgan fingerprint density at radius 2 is 1.95 bits per heavy atom. The summed E-state index contributed by atoms with van der Waals surface area (Å²) in [6.07, 6.45) is 0. The maximum atomic E-state index is 12.6. The third kappa shape index (κ3) is 4.43. The molecule has 0 spiro atoms. The Labute approximate surface area is 122 Å². The Morgan fingerprint density at radius 1 is 1.25 bits per heavy atom. The van der Waals surface area contributed by atoms with Crippen LogP contribution in [0.3, 0.4) is 0 Å². The van der Waals surface area contributed by atoms with E-state index in [1.807, 2.05) is 39.0 Å². The van der Waals surface area contributed by atoms with Crippen molar-refractivity contribution < 1.29 is 9.53 Å². The monoisotopic (exact) mass is 277 g/mol. The van der Waals surface area contributed by atoms with Gasteiger partial charge in [0, 0.05) is 18.7 Å². The van der Waals surface area contributed by atoms with Gasteiger partial charge in [0.25, 0.3) is 0 Å². The molecule has 1 unspecified atom stereocenters. The van der Waals surface area contributed by atoms with Gasteiger partial charge in [-0.15, -0.1) is 0 Å². The van der Waals surface area contributed by atoms with Crippen LogP contribution in [-0.2, 0) is 4.74 Å². The van der Waals surface area contributed by atoms with Gasteiger partial charge in [-0.25, -0.2) is 0 Å². The summed E-state index contributed by atoms with van der Waals surface area (Å²) >= 11 is 0. The minimum Gasteiger partial charge on any atom is -0.380 e. The van der Waals surface area contributed by atoms with Gasteiger partial charge in [-0.2, -0.15) is 0 Å². The molecule has 0 aliphatic rings. The summed E-state index contributed by atoms with van der Waals surface area (Å²) in [5.74, 6) is 0.187. The fourth-order valence-electron chi connectivity index (χ4n) is 2.25. The lowest BCUT2D eigenvalue weighted by atomic mass is 9.99. The van der Waals surface area contributed by atoms with Gasteiger partial charge in [0.05, 0.1) is 12.6 Å². The first-order chi connectivity index (χ1) is 9.51. The molecule has 0 saturated heterocycles. The second kappa shape index (κ2) is 8.18. The maximum Gasteiger partial charge on any atom is 0.179 e. The summed E-state index contributed by atoms with van der Waals surface area (Å²) in [5, 5.41) is 0. The van der Waals surface area contributed by atoms with E-state index in [0.29, 0.717) is 6.61 Å². The Hall–Kier alpha value is -1.19.